The molecule has 0 unspecified atom stereocenters. The first-order chi connectivity index (χ1) is 11.7. The summed E-state index contributed by atoms with van der Waals surface area (Å²) in [5, 5.41) is 3.51. The number of carbonyl (C=O) groups is 1. The molecule has 24 heavy (non-hydrogen) atoms. The van der Waals surface area contributed by atoms with Crippen molar-refractivity contribution < 1.29 is 18.7 Å². The van der Waals surface area contributed by atoms with Crippen molar-refractivity contribution in [3.05, 3.63) is 65.0 Å². The molecule has 120 valence electrons. The normalized spacial score (nSPS) is 15.9. The predicted molar refractivity (Wildman–Crippen MR) is 87.5 cm³/mol. The predicted octanol–water partition coefficient (Wildman–Crippen LogP) is 2.57. The Hall–Kier alpha value is -3.28. The zero-order chi connectivity index (χ0) is 16.5. The van der Waals surface area contributed by atoms with Crippen LogP contribution in [0, 0.1) is 0 Å². The van der Waals surface area contributed by atoms with Gasteiger partial charge in [0.15, 0.2) is 11.5 Å². The van der Waals surface area contributed by atoms with Crippen LogP contribution in [0.25, 0.3) is 11.0 Å². The molecule has 0 fully saturated rings. The molecule has 4 rings (SSSR count). The number of amides is 1. The van der Waals surface area contributed by atoms with Crippen molar-refractivity contribution in [1.29, 1.82) is 0 Å². The van der Waals surface area contributed by atoms with Gasteiger partial charge in [0.2, 0.25) is 6.10 Å². The highest BCUT2D eigenvalue weighted by molar-refractivity contribution is 5.96. The fourth-order valence-corrected chi connectivity index (χ4v) is 2.52. The minimum absolute atomic E-state index is 0.144. The van der Waals surface area contributed by atoms with Crippen LogP contribution in [-0.4, -0.2) is 18.6 Å². The lowest BCUT2D eigenvalue weighted by atomic mass is 10.2. The minimum Gasteiger partial charge on any atom is -0.485 e. The second-order valence-electron chi connectivity index (χ2n) is 5.36. The molecule has 0 aliphatic carbocycles. The van der Waals surface area contributed by atoms with Crippen molar-refractivity contribution in [1.82, 2.24) is 0 Å². The van der Waals surface area contributed by atoms with E-state index in [-0.39, 0.29) is 12.5 Å². The first kappa shape index (κ1) is 14.3. The molecule has 1 amide bonds. The van der Waals surface area contributed by atoms with Crippen molar-refractivity contribution in [2.75, 3.05) is 11.9 Å². The SMILES string of the molecule is O=C(Nc1ccc2oc(=O)ccc2c1)[C@@H]1COc2ccccc2O1. The van der Waals surface area contributed by atoms with Gasteiger partial charge in [0.05, 0.1) is 0 Å². The Labute approximate surface area is 136 Å². The van der Waals surface area contributed by atoms with Crippen molar-refractivity contribution in [3.8, 4) is 11.5 Å². The number of ether oxygens (including phenoxy) is 2. The highest BCUT2D eigenvalue weighted by atomic mass is 16.6. The fraction of sp³-hybridized carbons (Fsp3) is 0.111. The van der Waals surface area contributed by atoms with Gasteiger partial charge in [0, 0.05) is 17.1 Å². The van der Waals surface area contributed by atoms with Gasteiger partial charge in [-0.2, -0.15) is 0 Å². The molecule has 6 heteroatoms. The number of fused-ring (bicyclic) bond motifs is 2. The van der Waals surface area contributed by atoms with Gasteiger partial charge in [-0.25, -0.2) is 4.79 Å². The topological polar surface area (TPSA) is 77.8 Å². The van der Waals surface area contributed by atoms with E-state index in [1.807, 2.05) is 12.1 Å². The Kier molecular flexibility index (Phi) is 3.42. The standard InChI is InChI=1S/C18H13NO5/c20-17-8-5-11-9-12(6-7-13(11)24-17)19-18(21)16-10-22-14-3-1-2-4-15(14)23-16/h1-9,16H,10H2,(H,19,21)/t16-/m0/s1. The molecule has 3 aromatic rings. The number of benzene rings is 2. The molecular weight excluding hydrogens is 310 g/mol. The Morgan fingerprint density at radius 1 is 1.04 bits per heavy atom. The molecule has 1 atom stereocenters. The third kappa shape index (κ3) is 2.69. The van der Waals surface area contributed by atoms with Crippen LogP contribution >= 0.6 is 0 Å². The second kappa shape index (κ2) is 5.73. The van der Waals surface area contributed by atoms with Crippen molar-refractivity contribution in [3.63, 3.8) is 0 Å². The zero-order valence-electron chi connectivity index (χ0n) is 12.5. The molecule has 2 heterocycles. The molecule has 1 N–H and O–H groups in total. The van der Waals surface area contributed by atoms with Gasteiger partial charge in [-0.3, -0.25) is 4.79 Å². The molecule has 0 saturated carbocycles. The quantitative estimate of drug-likeness (QED) is 0.733. The van der Waals surface area contributed by atoms with Gasteiger partial charge in [0.1, 0.15) is 12.2 Å². The van der Waals surface area contributed by atoms with Crippen LogP contribution in [0.1, 0.15) is 0 Å². The molecular formula is C18H13NO5. The summed E-state index contributed by atoms with van der Waals surface area (Å²) in [6.07, 6.45) is -0.732. The summed E-state index contributed by atoms with van der Waals surface area (Å²) in [4.78, 5) is 23.6. The summed E-state index contributed by atoms with van der Waals surface area (Å²) >= 11 is 0. The van der Waals surface area contributed by atoms with E-state index in [4.69, 9.17) is 13.9 Å². The van der Waals surface area contributed by atoms with E-state index in [0.29, 0.717) is 22.8 Å². The monoisotopic (exact) mass is 323 g/mol. The molecule has 1 aromatic heterocycles. The maximum atomic E-state index is 12.4. The molecule has 1 aliphatic rings. The Morgan fingerprint density at radius 2 is 1.88 bits per heavy atom. The largest absolute Gasteiger partial charge is 0.485 e. The van der Waals surface area contributed by atoms with Crippen molar-refractivity contribution in [2.24, 2.45) is 0 Å². The Morgan fingerprint density at radius 3 is 2.75 bits per heavy atom. The maximum absolute atomic E-state index is 12.4. The first-order valence-corrected chi connectivity index (χ1v) is 7.42. The van der Waals surface area contributed by atoms with E-state index < -0.39 is 11.7 Å². The van der Waals surface area contributed by atoms with Crippen LogP contribution < -0.4 is 20.4 Å². The van der Waals surface area contributed by atoms with Gasteiger partial charge in [-0.15, -0.1) is 0 Å². The van der Waals surface area contributed by atoms with Crippen LogP contribution in [0.2, 0.25) is 0 Å². The number of anilines is 1. The average Bonchev–Trinajstić information content (AvgIpc) is 2.61. The third-order valence-electron chi connectivity index (χ3n) is 3.69. The van der Waals surface area contributed by atoms with E-state index in [0.717, 1.165) is 5.39 Å². The molecule has 0 bridgehead atoms. The van der Waals surface area contributed by atoms with Gasteiger partial charge in [-0.05, 0) is 36.4 Å². The van der Waals surface area contributed by atoms with Crippen LogP contribution in [0.5, 0.6) is 11.5 Å². The lowest BCUT2D eigenvalue weighted by molar-refractivity contribution is -0.125. The van der Waals surface area contributed by atoms with Gasteiger partial charge >= 0.3 is 5.63 Å². The van der Waals surface area contributed by atoms with Crippen molar-refractivity contribution in [2.45, 2.75) is 6.10 Å². The van der Waals surface area contributed by atoms with E-state index in [9.17, 15) is 9.59 Å². The molecule has 0 spiro atoms. The van der Waals surface area contributed by atoms with Crippen LogP contribution in [0.3, 0.4) is 0 Å². The number of hydrogen-bond donors (Lipinski definition) is 1. The Bertz CT molecular complexity index is 978. The van der Waals surface area contributed by atoms with Crippen LogP contribution in [0.15, 0.2) is 63.8 Å². The lowest BCUT2D eigenvalue weighted by Crippen LogP contribution is -2.40. The first-order valence-electron chi connectivity index (χ1n) is 7.42. The molecule has 0 radical (unpaired) electrons. The van der Waals surface area contributed by atoms with Gasteiger partial charge < -0.3 is 19.2 Å². The lowest BCUT2D eigenvalue weighted by Gasteiger charge is -2.25. The maximum Gasteiger partial charge on any atom is 0.336 e. The van der Waals surface area contributed by atoms with Gasteiger partial charge in [-0.1, -0.05) is 12.1 Å². The Balaban J connectivity index is 1.52. The summed E-state index contributed by atoms with van der Waals surface area (Å²) in [6.45, 7) is 0.144. The summed E-state index contributed by atoms with van der Waals surface area (Å²) < 4.78 is 16.3. The summed E-state index contributed by atoms with van der Waals surface area (Å²) in [5.41, 5.74) is 0.640. The van der Waals surface area contributed by atoms with E-state index >= 15 is 0 Å². The number of carbonyl (C=O) groups excluding carboxylic acids is 1. The number of nitrogens with one attached hydrogen (secondary N) is 1. The van der Waals surface area contributed by atoms with Crippen LogP contribution in [0.4, 0.5) is 5.69 Å². The highest BCUT2D eigenvalue weighted by Crippen LogP contribution is 2.31. The molecule has 1 aliphatic heterocycles. The van der Waals surface area contributed by atoms with E-state index in [2.05, 4.69) is 5.32 Å². The minimum atomic E-state index is -0.732. The summed E-state index contributed by atoms with van der Waals surface area (Å²) in [5.74, 6) is 0.868. The molecule has 6 nitrogen and oxygen atoms in total. The average molecular weight is 323 g/mol. The summed E-state index contributed by atoms with van der Waals surface area (Å²) in [7, 11) is 0. The number of hydrogen-bond acceptors (Lipinski definition) is 5. The smallest absolute Gasteiger partial charge is 0.336 e. The van der Waals surface area contributed by atoms with E-state index in [1.54, 1.807) is 36.4 Å². The van der Waals surface area contributed by atoms with Crippen LogP contribution in [-0.2, 0) is 4.79 Å². The summed E-state index contributed by atoms with van der Waals surface area (Å²) in [6, 6.07) is 15.2. The van der Waals surface area contributed by atoms with Crippen molar-refractivity contribution >= 4 is 22.6 Å². The second-order valence-corrected chi connectivity index (χ2v) is 5.36. The fourth-order valence-electron chi connectivity index (χ4n) is 2.52. The van der Waals surface area contributed by atoms with E-state index in [1.165, 1.54) is 6.07 Å². The number of rotatable bonds is 2. The zero-order valence-corrected chi connectivity index (χ0v) is 12.5. The number of para-hydroxylation sites is 2. The molecule has 0 saturated heterocycles. The molecule has 2 aromatic carbocycles. The van der Waals surface area contributed by atoms with Gasteiger partial charge in [0.25, 0.3) is 5.91 Å². The third-order valence-corrected chi connectivity index (χ3v) is 3.69. The highest BCUT2D eigenvalue weighted by Gasteiger charge is 2.27.